The highest BCUT2D eigenvalue weighted by Crippen LogP contribution is 2.27. The molecule has 0 bridgehead atoms. The summed E-state index contributed by atoms with van der Waals surface area (Å²) in [7, 11) is 3.12. The van der Waals surface area contributed by atoms with Crippen molar-refractivity contribution in [1.29, 1.82) is 0 Å². The quantitative estimate of drug-likeness (QED) is 0.319. The van der Waals surface area contributed by atoms with Crippen molar-refractivity contribution in [2.45, 2.75) is 11.8 Å². The number of anilines is 1. The zero-order chi connectivity index (χ0) is 24.6. The van der Waals surface area contributed by atoms with Gasteiger partial charge in [-0.25, -0.2) is 4.39 Å². The average Bonchev–Trinajstić information content (AvgIpc) is 3.29. The van der Waals surface area contributed by atoms with Crippen LogP contribution in [0.1, 0.15) is 5.82 Å². The molecular formula is C25H23FN4O4S. The summed E-state index contributed by atoms with van der Waals surface area (Å²) in [5, 5.41) is 11.6. The monoisotopic (exact) mass is 494 g/mol. The number of carbonyl (C=O) groups is 1. The van der Waals surface area contributed by atoms with Crippen molar-refractivity contribution < 1.29 is 23.4 Å². The van der Waals surface area contributed by atoms with Gasteiger partial charge in [-0.15, -0.1) is 10.2 Å². The fourth-order valence-electron chi connectivity index (χ4n) is 3.25. The third-order valence-electron chi connectivity index (χ3n) is 4.93. The molecule has 0 unspecified atom stereocenters. The van der Waals surface area contributed by atoms with E-state index in [0.29, 0.717) is 33.9 Å². The lowest BCUT2D eigenvalue weighted by molar-refractivity contribution is -0.113. The molecule has 0 aliphatic heterocycles. The number of para-hydroxylation sites is 3. The van der Waals surface area contributed by atoms with Crippen LogP contribution in [0.3, 0.4) is 0 Å². The maximum Gasteiger partial charge on any atom is 0.234 e. The minimum Gasteiger partial charge on any atom is -0.497 e. The maximum absolute atomic E-state index is 14.7. The molecule has 35 heavy (non-hydrogen) atoms. The van der Waals surface area contributed by atoms with Crippen LogP contribution in [0.25, 0.3) is 5.69 Å². The van der Waals surface area contributed by atoms with E-state index < -0.39 is 5.82 Å². The van der Waals surface area contributed by atoms with Gasteiger partial charge in [0.1, 0.15) is 29.7 Å². The molecule has 0 radical (unpaired) electrons. The lowest BCUT2D eigenvalue weighted by Crippen LogP contribution is -2.15. The third kappa shape index (κ3) is 5.90. The van der Waals surface area contributed by atoms with Crippen molar-refractivity contribution in [2.24, 2.45) is 0 Å². The van der Waals surface area contributed by atoms with Crippen molar-refractivity contribution >= 4 is 23.4 Å². The summed E-state index contributed by atoms with van der Waals surface area (Å²) in [6.07, 6.45) is 0. The lowest BCUT2D eigenvalue weighted by Gasteiger charge is -2.12. The van der Waals surface area contributed by atoms with Crippen molar-refractivity contribution in [3.8, 4) is 22.9 Å². The number of benzene rings is 3. The Morgan fingerprint density at radius 3 is 2.40 bits per heavy atom. The Bertz CT molecular complexity index is 1300. The molecule has 10 heteroatoms. The Morgan fingerprint density at radius 2 is 1.66 bits per heavy atom. The number of thioether (sulfide) groups is 1. The van der Waals surface area contributed by atoms with E-state index in [-0.39, 0.29) is 24.0 Å². The zero-order valence-corrected chi connectivity index (χ0v) is 19.9. The number of nitrogens with zero attached hydrogens (tertiary/aromatic N) is 3. The van der Waals surface area contributed by atoms with Crippen molar-refractivity contribution in [3.05, 3.63) is 84.4 Å². The molecular weight excluding hydrogens is 471 g/mol. The van der Waals surface area contributed by atoms with Gasteiger partial charge in [-0.1, -0.05) is 36.0 Å². The van der Waals surface area contributed by atoms with E-state index in [0.717, 1.165) is 11.8 Å². The van der Waals surface area contributed by atoms with Gasteiger partial charge in [-0.2, -0.15) is 0 Å². The summed E-state index contributed by atoms with van der Waals surface area (Å²) in [6.45, 7) is 0.0433. The SMILES string of the molecule is COc1ccc(OCc2nnc(SCC(=O)Nc3ccccc3OC)n2-c2ccccc2F)cc1. The number of halogens is 1. The number of aromatic nitrogens is 3. The number of carbonyl (C=O) groups excluding carboxylic acids is 1. The zero-order valence-electron chi connectivity index (χ0n) is 19.1. The number of methoxy groups -OCH3 is 2. The van der Waals surface area contributed by atoms with Crippen molar-refractivity contribution in [3.63, 3.8) is 0 Å². The van der Waals surface area contributed by atoms with E-state index in [4.69, 9.17) is 14.2 Å². The van der Waals surface area contributed by atoms with E-state index >= 15 is 0 Å². The predicted molar refractivity (Wildman–Crippen MR) is 131 cm³/mol. The second-order valence-corrected chi connectivity index (χ2v) is 8.13. The van der Waals surface area contributed by atoms with Crippen LogP contribution in [-0.2, 0) is 11.4 Å². The summed E-state index contributed by atoms with van der Waals surface area (Å²) in [5.41, 5.74) is 0.822. The largest absolute Gasteiger partial charge is 0.497 e. The normalized spacial score (nSPS) is 10.6. The number of hydrogen-bond acceptors (Lipinski definition) is 7. The van der Waals surface area contributed by atoms with Crippen LogP contribution >= 0.6 is 11.8 Å². The van der Waals surface area contributed by atoms with E-state index in [1.54, 1.807) is 72.3 Å². The van der Waals surface area contributed by atoms with Gasteiger partial charge in [-0.3, -0.25) is 9.36 Å². The van der Waals surface area contributed by atoms with Gasteiger partial charge in [0.2, 0.25) is 5.91 Å². The highest BCUT2D eigenvalue weighted by molar-refractivity contribution is 7.99. The van der Waals surface area contributed by atoms with Crippen LogP contribution in [0.4, 0.5) is 10.1 Å². The maximum atomic E-state index is 14.7. The first kappa shape index (κ1) is 24.1. The topological polar surface area (TPSA) is 87.5 Å². The Hall–Kier alpha value is -4.05. The van der Waals surface area contributed by atoms with Crippen LogP contribution in [0.2, 0.25) is 0 Å². The third-order valence-corrected chi connectivity index (χ3v) is 5.86. The molecule has 0 aliphatic carbocycles. The molecule has 4 aromatic rings. The molecule has 0 aliphatic rings. The highest BCUT2D eigenvalue weighted by Gasteiger charge is 2.19. The fourth-order valence-corrected chi connectivity index (χ4v) is 4.01. The van der Waals surface area contributed by atoms with Crippen LogP contribution in [-0.4, -0.2) is 40.6 Å². The molecule has 0 atom stereocenters. The Morgan fingerprint density at radius 1 is 0.943 bits per heavy atom. The Labute approximate surface area is 206 Å². The molecule has 1 amide bonds. The standard InChI is InChI=1S/C25H23FN4O4S/c1-32-17-11-13-18(14-12-17)34-15-23-28-29-25(30(23)21-9-5-3-7-19(21)26)35-16-24(31)27-20-8-4-6-10-22(20)33-2/h3-14H,15-16H2,1-2H3,(H,27,31). The highest BCUT2D eigenvalue weighted by atomic mass is 32.2. The summed E-state index contributed by atoms with van der Waals surface area (Å²) in [5.74, 6) is 1.56. The minimum atomic E-state index is -0.446. The van der Waals surface area contributed by atoms with E-state index in [1.165, 1.54) is 13.2 Å². The summed E-state index contributed by atoms with van der Waals surface area (Å²) in [6, 6.07) is 20.5. The number of ether oxygens (including phenoxy) is 3. The van der Waals surface area contributed by atoms with Crippen molar-refractivity contribution in [1.82, 2.24) is 14.8 Å². The second kappa shape index (κ2) is 11.4. The van der Waals surface area contributed by atoms with E-state index in [2.05, 4.69) is 15.5 Å². The Balaban J connectivity index is 1.52. The van der Waals surface area contributed by atoms with Gasteiger partial charge in [0, 0.05) is 0 Å². The molecule has 0 saturated carbocycles. The molecule has 4 rings (SSSR count). The first-order valence-electron chi connectivity index (χ1n) is 10.6. The molecule has 0 spiro atoms. The lowest BCUT2D eigenvalue weighted by atomic mass is 10.3. The van der Waals surface area contributed by atoms with Gasteiger partial charge >= 0.3 is 0 Å². The summed E-state index contributed by atoms with van der Waals surface area (Å²) >= 11 is 1.14. The first-order chi connectivity index (χ1) is 17.1. The minimum absolute atomic E-state index is 0.0317. The number of hydrogen-bond donors (Lipinski definition) is 1. The summed E-state index contributed by atoms with van der Waals surface area (Å²) in [4.78, 5) is 12.6. The van der Waals surface area contributed by atoms with Crippen LogP contribution < -0.4 is 19.5 Å². The average molecular weight is 495 g/mol. The molecule has 0 fully saturated rings. The molecule has 3 aromatic carbocycles. The predicted octanol–water partition coefficient (Wildman–Crippen LogP) is 4.73. The Kier molecular flexibility index (Phi) is 7.84. The number of nitrogens with one attached hydrogen (secondary N) is 1. The molecule has 1 heterocycles. The second-order valence-electron chi connectivity index (χ2n) is 7.19. The molecule has 180 valence electrons. The van der Waals surface area contributed by atoms with Crippen LogP contribution in [0, 0.1) is 5.82 Å². The van der Waals surface area contributed by atoms with Gasteiger partial charge in [0.15, 0.2) is 11.0 Å². The van der Waals surface area contributed by atoms with Crippen molar-refractivity contribution in [2.75, 3.05) is 25.3 Å². The van der Waals surface area contributed by atoms with E-state index in [1.807, 2.05) is 6.07 Å². The summed E-state index contributed by atoms with van der Waals surface area (Å²) < 4.78 is 32.5. The van der Waals surface area contributed by atoms with Crippen LogP contribution in [0.15, 0.2) is 78.0 Å². The molecule has 1 N–H and O–H groups in total. The van der Waals surface area contributed by atoms with Gasteiger partial charge < -0.3 is 19.5 Å². The number of amides is 1. The molecule has 8 nitrogen and oxygen atoms in total. The van der Waals surface area contributed by atoms with E-state index in [9.17, 15) is 9.18 Å². The van der Waals surface area contributed by atoms with Gasteiger partial charge in [-0.05, 0) is 48.5 Å². The fraction of sp³-hybridized carbons (Fsp3) is 0.160. The molecule has 0 saturated heterocycles. The number of rotatable bonds is 10. The smallest absolute Gasteiger partial charge is 0.234 e. The molecule has 1 aromatic heterocycles. The van der Waals surface area contributed by atoms with Gasteiger partial charge in [0.25, 0.3) is 0 Å². The van der Waals surface area contributed by atoms with Gasteiger partial charge in [0.05, 0.1) is 31.3 Å². The first-order valence-corrected chi connectivity index (χ1v) is 11.6. The van der Waals surface area contributed by atoms with Crippen LogP contribution in [0.5, 0.6) is 17.2 Å².